The van der Waals surface area contributed by atoms with Gasteiger partial charge < -0.3 is 0 Å². The molecule has 3 atom stereocenters. The summed E-state index contributed by atoms with van der Waals surface area (Å²) in [5, 5.41) is 0. The molecular formula is C20H30O. The van der Waals surface area contributed by atoms with Gasteiger partial charge in [-0.25, -0.2) is 0 Å². The third-order valence-corrected chi connectivity index (χ3v) is 7.13. The van der Waals surface area contributed by atoms with Crippen LogP contribution in [-0.2, 0) is 4.79 Å². The van der Waals surface area contributed by atoms with E-state index in [2.05, 4.69) is 34.3 Å². The standard InChI is InChI=1S/C20H30O/c1-13-7-6-10-20(5)17(13)11-15-9-8-14(2)16(12-18(20)21)19(15,3)4/h15,17H,1,6-12H2,2-5H3/t15-,17+,20+/m0/s1. The highest BCUT2D eigenvalue weighted by molar-refractivity contribution is 5.88. The molecule has 0 aromatic heterocycles. The van der Waals surface area contributed by atoms with E-state index in [1.54, 1.807) is 0 Å². The highest BCUT2D eigenvalue weighted by Gasteiger charge is 2.50. The van der Waals surface area contributed by atoms with Crippen molar-refractivity contribution in [2.75, 3.05) is 0 Å². The molecule has 0 heterocycles. The molecule has 0 radical (unpaired) electrons. The average molecular weight is 286 g/mol. The Balaban J connectivity index is 2.08. The van der Waals surface area contributed by atoms with Crippen molar-refractivity contribution in [3.05, 3.63) is 23.3 Å². The zero-order valence-corrected chi connectivity index (χ0v) is 14.2. The lowest BCUT2D eigenvalue weighted by Crippen LogP contribution is -2.46. The molecule has 0 N–H and O–H groups in total. The Labute approximate surface area is 129 Å². The van der Waals surface area contributed by atoms with Crippen LogP contribution in [0.3, 0.4) is 0 Å². The minimum Gasteiger partial charge on any atom is -0.299 e. The second-order valence-electron chi connectivity index (χ2n) is 8.53. The van der Waals surface area contributed by atoms with Crippen LogP contribution in [0, 0.1) is 22.7 Å². The van der Waals surface area contributed by atoms with Crippen LogP contribution in [0.1, 0.15) is 72.6 Å². The van der Waals surface area contributed by atoms with E-state index >= 15 is 0 Å². The molecule has 0 saturated heterocycles. The van der Waals surface area contributed by atoms with E-state index < -0.39 is 0 Å². The van der Waals surface area contributed by atoms with Crippen LogP contribution in [0.15, 0.2) is 23.3 Å². The van der Waals surface area contributed by atoms with Crippen molar-refractivity contribution in [3.63, 3.8) is 0 Å². The third-order valence-electron chi connectivity index (χ3n) is 7.13. The summed E-state index contributed by atoms with van der Waals surface area (Å²) < 4.78 is 0. The molecule has 3 rings (SSSR count). The second kappa shape index (κ2) is 4.83. The lowest BCUT2D eigenvalue weighted by molar-refractivity contribution is -0.133. The Kier molecular flexibility index (Phi) is 3.46. The molecule has 2 bridgehead atoms. The number of hydrogen-bond donors (Lipinski definition) is 0. The van der Waals surface area contributed by atoms with Crippen molar-refractivity contribution in [1.29, 1.82) is 0 Å². The first-order valence-corrected chi connectivity index (χ1v) is 8.67. The molecule has 1 nitrogen and oxygen atoms in total. The van der Waals surface area contributed by atoms with Gasteiger partial charge in [0.05, 0.1) is 0 Å². The largest absolute Gasteiger partial charge is 0.299 e. The van der Waals surface area contributed by atoms with E-state index in [-0.39, 0.29) is 10.8 Å². The van der Waals surface area contributed by atoms with Gasteiger partial charge >= 0.3 is 0 Å². The molecular weight excluding hydrogens is 256 g/mol. The molecule has 0 amide bonds. The van der Waals surface area contributed by atoms with Crippen LogP contribution in [0.25, 0.3) is 0 Å². The van der Waals surface area contributed by atoms with E-state index in [9.17, 15) is 4.79 Å². The smallest absolute Gasteiger partial charge is 0.143 e. The fourth-order valence-electron chi connectivity index (χ4n) is 5.38. The van der Waals surface area contributed by atoms with E-state index in [1.165, 1.54) is 36.0 Å². The molecule has 2 fully saturated rings. The van der Waals surface area contributed by atoms with Crippen molar-refractivity contribution in [3.8, 4) is 0 Å². The van der Waals surface area contributed by atoms with Gasteiger partial charge in [0.1, 0.15) is 5.78 Å². The van der Waals surface area contributed by atoms with Gasteiger partial charge in [0.25, 0.3) is 0 Å². The summed E-state index contributed by atoms with van der Waals surface area (Å²) in [4.78, 5) is 13.1. The molecule has 3 aliphatic carbocycles. The minimum atomic E-state index is -0.146. The third kappa shape index (κ3) is 2.15. The monoisotopic (exact) mass is 286 g/mol. The van der Waals surface area contributed by atoms with Crippen LogP contribution in [0.5, 0.6) is 0 Å². The maximum absolute atomic E-state index is 13.1. The minimum absolute atomic E-state index is 0.146. The Morgan fingerprint density at radius 1 is 1.19 bits per heavy atom. The summed E-state index contributed by atoms with van der Waals surface area (Å²) in [5.74, 6) is 1.61. The van der Waals surface area contributed by atoms with Gasteiger partial charge in [0, 0.05) is 11.8 Å². The molecule has 0 aliphatic heterocycles. The summed E-state index contributed by atoms with van der Waals surface area (Å²) in [5.41, 5.74) is 4.34. The first-order chi connectivity index (χ1) is 9.76. The SMILES string of the molecule is C=C1CCC[C@@]2(C)C(=O)CC3=C(C)CC[C@@H](C[C@H]12)C3(C)C. The molecule has 0 unspecified atom stereocenters. The normalized spacial score (nSPS) is 39.6. The number of carbonyl (C=O) groups excluding carboxylic acids is 1. The Bertz CT molecular complexity index is 522. The van der Waals surface area contributed by atoms with E-state index in [0.29, 0.717) is 24.0 Å². The molecule has 0 spiro atoms. The quantitative estimate of drug-likeness (QED) is 0.540. The van der Waals surface area contributed by atoms with Crippen LogP contribution in [-0.4, -0.2) is 5.78 Å². The van der Waals surface area contributed by atoms with Crippen LogP contribution in [0.4, 0.5) is 0 Å². The van der Waals surface area contributed by atoms with Gasteiger partial charge in [0.15, 0.2) is 0 Å². The molecule has 0 aromatic rings. The van der Waals surface area contributed by atoms with Crippen LogP contribution in [0.2, 0.25) is 0 Å². The molecule has 1 heteroatoms. The number of carbonyl (C=O) groups is 1. The average Bonchev–Trinajstić information content (AvgIpc) is 2.40. The van der Waals surface area contributed by atoms with Crippen molar-refractivity contribution < 1.29 is 4.79 Å². The fraction of sp³-hybridized carbons (Fsp3) is 0.750. The van der Waals surface area contributed by atoms with Crippen molar-refractivity contribution >= 4 is 5.78 Å². The van der Waals surface area contributed by atoms with Crippen molar-refractivity contribution in [1.82, 2.24) is 0 Å². The van der Waals surface area contributed by atoms with Gasteiger partial charge in [-0.2, -0.15) is 0 Å². The topological polar surface area (TPSA) is 17.1 Å². The molecule has 116 valence electrons. The molecule has 21 heavy (non-hydrogen) atoms. The van der Waals surface area contributed by atoms with Gasteiger partial charge in [-0.15, -0.1) is 0 Å². The van der Waals surface area contributed by atoms with Gasteiger partial charge in [-0.1, -0.05) is 44.1 Å². The maximum Gasteiger partial charge on any atom is 0.143 e. The van der Waals surface area contributed by atoms with Crippen molar-refractivity contribution in [2.45, 2.75) is 72.6 Å². The van der Waals surface area contributed by atoms with Crippen LogP contribution >= 0.6 is 0 Å². The Morgan fingerprint density at radius 2 is 1.90 bits per heavy atom. The summed E-state index contributed by atoms with van der Waals surface area (Å²) in [6.07, 6.45) is 7.67. The molecule has 3 aliphatic rings. The van der Waals surface area contributed by atoms with Crippen LogP contribution < -0.4 is 0 Å². The molecule has 2 saturated carbocycles. The highest BCUT2D eigenvalue weighted by atomic mass is 16.1. The number of fused-ring (bicyclic) bond motifs is 3. The summed E-state index contributed by atoms with van der Waals surface area (Å²) in [6.45, 7) is 13.6. The zero-order chi connectivity index (χ0) is 15.4. The zero-order valence-electron chi connectivity index (χ0n) is 14.2. The van der Waals surface area contributed by atoms with E-state index in [0.717, 1.165) is 19.3 Å². The first kappa shape index (κ1) is 15.1. The predicted octanol–water partition coefficient (Wildman–Crippen LogP) is 5.46. The highest BCUT2D eigenvalue weighted by Crippen LogP contribution is 2.57. The maximum atomic E-state index is 13.1. The predicted molar refractivity (Wildman–Crippen MR) is 88.0 cm³/mol. The summed E-state index contributed by atoms with van der Waals surface area (Å²) >= 11 is 0. The number of ketones is 1. The number of allylic oxidation sites excluding steroid dienone is 3. The number of hydrogen-bond acceptors (Lipinski definition) is 1. The van der Waals surface area contributed by atoms with E-state index in [1.807, 2.05) is 0 Å². The summed E-state index contributed by atoms with van der Waals surface area (Å²) in [6, 6.07) is 0. The first-order valence-electron chi connectivity index (χ1n) is 8.67. The van der Waals surface area contributed by atoms with Gasteiger partial charge in [-0.3, -0.25) is 4.79 Å². The lowest BCUT2D eigenvalue weighted by atomic mass is 9.52. The van der Waals surface area contributed by atoms with E-state index in [4.69, 9.17) is 0 Å². The summed E-state index contributed by atoms with van der Waals surface area (Å²) in [7, 11) is 0. The Morgan fingerprint density at radius 3 is 2.62 bits per heavy atom. The Hall–Kier alpha value is -0.850. The lowest BCUT2D eigenvalue weighted by Gasteiger charge is -2.51. The van der Waals surface area contributed by atoms with Gasteiger partial charge in [-0.05, 0) is 62.7 Å². The van der Waals surface area contributed by atoms with Gasteiger partial charge in [0.2, 0.25) is 0 Å². The fourth-order valence-corrected chi connectivity index (χ4v) is 5.38. The van der Waals surface area contributed by atoms with Crippen molar-refractivity contribution in [2.24, 2.45) is 22.7 Å². The number of Topliss-reactive ketones (excluding diaryl/α,β-unsaturated/α-hetero) is 1. The molecule has 0 aromatic carbocycles. The number of rotatable bonds is 0. The second-order valence-corrected chi connectivity index (χ2v) is 8.53.